The molecule has 1 fully saturated rings. The first-order valence-corrected chi connectivity index (χ1v) is 10.9. The Hall–Kier alpha value is -4.06. The zero-order valence-electron chi connectivity index (χ0n) is 17.6. The molecule has 0 spiro atoms. The molecule has 0 aliphatic carbocycles. The molecule has 13 heteroatoms. The maximum absolute atomic E-state index is 12.6. The summed E-state index contributed by atoms with van der Waals surface area (Å²) < 4.78 is 6.88. The van der Waals surface area contributed by atoms with E-state index in [1.54, 1.807) is 12.3 Å². The molecule has 34 heavy (non-hydrogen) atoms. The van der Waals surface area contributed by atoms with Crippen molar-refractivity contribution < 1.29 is 24.2 Å². The van der Waals surface area contributed by atoms with Crippen molar-refractivity contribution in [1.82, 2.24) is 30.1 Å². The van der Waals surface area contributed by atoms with E-state index in [1.807, 2.05) is 24.3 Å². The van der Waals surface area contributed by atoms with E-state index in [2.05, 4.69) is 20.5 Å². The van der Waals surface area contributed by atoms with Gasteiger partial charge in [0, 0.05) is 24.1 Å². The number of carbonyl (C=O) groups excluding carboxylic acids is 2. The quantitative estimate of drug-likeness (QED) is 0.521. The maximum atomic E-state index is 12.6. The summed E-state index contributed by atoms with van der Waals surface area (Å²) in [6.07, 6.45) is 0.758. The van der Waals surface area contributed by atoms with Crippen LogP contribution in [0.3, 0.4) is 0 Å². The number of anilines is 1. The van der Waals surface area contributed by atoms with Gasteiger partial charge in [-0.3, -0.25) is 9.69 Å². The average molecular weight is 484 g/mol. The van der Waals surface area contributed by atoms with Crippen LogP contribution in [0.4, 0.5) is 15.3 Å². The van der Waals surface area contributed by atoms with Crippen LogP contribution in [-0.2, 0) is 16.0 Å². The molecule has 174 valence electrons. The van der Waals surface area contributed by atoms with E-state index in [-0.39, 0.29) is 18.8 Å². The van der Waals surface area contributed by atoms with E-state index < -0.39 is 30.2 Å². The minimum absolute atomic E-state index is 0.00238. The van der Waals surface area contributed by atoms with E-state index in [0.29, 0.717) is 22.8 Å². The van der Waals surface area contributed by atoms with Crippen LogP contribution in [-0.4, -0.2) is 77.9 Å². The van der Waals surface area contributed by atoms with Crippen molar-refractivity contribution in [2.75, 3.05) is 17.3 Å². The first kappa shape index (κ1) is 21.8. The third kappa shape index (κ3) is 3.81. The fourth-order valence-electron chi connectivity index (χ4n) is 4.25. The number of cyclic esters (lactones) is 1. The molecular weight excluding hydrogens is 466 g/mol. The summed E-state index contributed by atoms with van der Waals surface area (Å²) in [7, 11) is 0. The van der Waals surface area contributed by atoms with Crippen LogP contribution in [0.2, 0.25) is 0 Å². The van der Waals surface area contributed by atoms with Gasteiger partial charge in [-0.25, -0.2) is 19.5 Å². The van der Waals surface area contributed by atoms with Crippen molar-refractivity contribution in [2.24, 2.45) is 0 Å². The minimum Gasteiger partial charge on any atom is -0.465 e. The Kier molecular flexibility index (Phi) is 5.57. The molecule has 2 aliphatic heterocycles. The van der Waals surface area contributed by atoms with Gasteiger partial charge in [-0.05, 0) is 52.2 Å². The number of hydrogen-bond donors (Lipinski definition) is 1. The van der Waals surface area contributed by atoms with Crippen LogP contribution in [0.1, 0.15) is 12.0 Å². The van der Waals surface area contributed by atoms with Gasteiger partial charge in [0.25, 0.3) is 0 Å². The van der Waals surface area contributed by atoms with Gasteiger partial charge in [0.05, 0.1) is 18.3 Å². The number of benzene rings is 1. The first-order chi connectivity index (χ1) is 16.5. The number of carbonyl (C=O) groups is 3. The standard InChI is InChI=1S/C21H18ClN7O5/c22-6-5-19(30)27(20(31)32)10-17-16-8-14-7-12(1-3-15(14)29(16)21(33)34-17)13-2-4-18(23-9-13)28-11-24-25-26-28/h1-4,7,9,11,16-17H,5-6,8,10H2,(H,31,32)/t16-,17-/m0/s1. The largest absolute Gasteiger partial charge is 0.465 e. The Balaban J connectivity index is 1.36. The lowest BCUT2D eigenvalue weighted by Gasteiger charge is -2.23. The van der Waals surface area contributed by atoms with Crippen molar-refractivity contribution in [3.05, 3.63) is 48.4 Å². The number of hydrogen-bond acceptors (Lipinski definition) is 8. The summed E-state index contributed by atoms with van der Waals surface area (Å²) >= 11 is 5.59. The lowest BCUT2D eigenvalue weighted by Crippen LogP contribution is -2.45. The third-order valence-corrected chi connectivity index (χ3v) is 6.03. The second-order valence-corrected chi connectivity index (χ2v) is 8.17. The van der Waals surface area contributed by atoms with E-state index in [9.17, 15) is 19.5 Å². The van der Waals surface area contributed by atoms with Gasteiger partial charge < -0.3 is 9.84 Å². The number of aromatic nitrogens is 5. The molecule has 0 bridgehead atoms. The fourth-order valence-corrected chi connectivity index (χ4v) is 4.42. The molecule has 0 unspecified atom stereocenters. The molecular formula is C21H18ClN7O5. The SMILES string of the molecule is O=C(O)N(C[C@@H]1OC(=O)N2c3ccc(-c4ccc(-n5cnnn5)nc4)cc3C[C@@H]12)C(=O)CCCl. The summed E-state index contributed by atoms with van der Waals surface area (Å²) in [6, 6.07) is 8.96. The monoisotopic (exact) mass is 483 g/mol. The summed E-state index contributed by atoms with van der Waals surface area (Å²) in [5.41, 5.74) is 3.40. The average Bonchev–Trinajstić information content (AvgIpc) is 3.55. The number of rotatable bonds is 6. The van der Waals surface area contributed by atoms with Gasteiger partial charge in [0.1, 0.15) is 12.4 Å². The molecule has 1 saturated heterocycles. The Morgan fingerprint density at radius 1 is 1.24 bits per heavy atom. The molecule has 3 aromatic rings. The molecule has 1 N–H and O–H groups in total. The number of fused-ring (bicyclic) bond motifs is 3. The highest BCUT2D eigenvalue weighted by Gasteiger charge is 2.48. The second-order valence-electron chi connectivity index (χ2n) is 7.79. The summed E-state index contributed by atoms with van der Waals surface area (Å²) in [4.78, 5) is 42.9. The highest BCUT2D eigenvalue weighted by atomic mass is 35.5. The number of nitrogens with zero attached hydrogens (tertiary/aromatic N) is 7. The number of alkyl halides is 1. The number of imide groups is 1. The highest BCUT2D eigenvalue weighted by Crippen LogP contribution is 2.40. The van der Waals surface area contributed by atoms with Crippen LogP contribution in [0.5, 0.6) is 0 Å². The number of tetrazole rings is 1. The summed E-state index contributed by atoms with van der Waals surface area (Å²) in [6.45, 7) is -0.249. The molecule has 12 nitrogen and oxygen atoms in total. The van der Waals surface area contributed by atoms with Crippen molar-refractivity contribution in [3.63, 3.8) is 0 Å². The second kappa shape index (κ2) is 8.71. The topological polar surface area (TPSA) is 144 Å². The zero-order valence-corrected chi connectivity index (χ0v) is 18.4. The normalized spacial score (nSPS) is 18.4. The highest BCUT2D eigenvalue weighted by molar-refractivity contribution is 6.19. The Morgan fingerprint density at radius 3 is 2.74 bits per heavy atom. The minimum atomic E-state index is -1.40. The van der Waals surface area contributed by atoms with Crippen LogP contribution in [0.25, 0.3) is 16.9 Å². The van der Waals surface area contributed by atoms with Crippen molar-refractivity contribution in [2.45, 2.75) is 25.0 Å². The summed E-state index contributed by atoms with van der Waals surface area (Å²) in [5.74, 6) is -0.0529. The Labute approximate surface area is 197 Å². The lowest BCUT2D eigenvalue weighted by atomic mass is 10.0. The zero-order chi connectivity index (χ0) is 23.8. The number of ether oxygens (including phenoxy) is 1. The molecule has 0 radical (unpaired) electrons. The van der Waals surface area contributed by atoms with Gasteiger partial charge in [-0.2, -0.15) is 4.68 Å². The van der Waals surface area contributed by atoms with Crippen molar-refractivity contribution >= 4 is 35.4 Å². The molecule has 4 heterocycles. The third-order valence-electron chi connectivity index (χ3n) is 5.85. The van der Waals surface area contributed by atoms with Crippen LogP contribution in [0, 0.1) is 0 Å². The smallest absolute Gasteiger partial charge is 0.415 e. The molecule has 5 rings (SSSR count). The Morgan fingerprint density at radius 2 is 2.06 bits per heavy atom. The molecule has 1 aromatic carbocycles. The van der Waals surface area contributed by atoms with Crippen molar-refractivity contribution in [1.29, 1.82) is 0 Å². The van der Waals surface area contributed by atoms with Gasteiger partial charge in [0.2, 0.25) is 5.91 Å². The predicted octanol–water partition coefficient (Wildman–Crippen LogP) is 2.11. The molecule has 3 amide bonds. The number of pyridine rings is 1. The van der Waals surface area contributed by atoms with Crippen LogP contribution in [0.15, 0.2) is 42.9 Å². The van der Waals surface area contributed by atoms with Gasteiger partial charge >= 0.3 is 12.2 Å². The first-order valence-electron chi connectivity index (χ1n) is 10.4. The maximum Gasteiger partial charge on any atom is 0.415 e. The summed E-state index contributed by atoms with van der Waals surface area (Å²) in [5, 5.41) is 20.4. The van der Waals surface area contributed by atoms with Gasteiger partial charge in [0.15, 0.2) is 5.82 Å². The molecule has 0 saturated carbocycles. The fraction of sp³-hybridized carbons (Fsp3) is 0.286. The van der Waals surface area contributed by atoms with E-state index in [4.69, 9.17) is 16.3 Å². The molecule has 2 aliphatic rings. The predicted molar refractivity (Wildman–Crippen MR) is 118 cm³/mol. The molecule has 2 atom stereocenters. The van der Waals surface area contributed by atoms with E-state index in [0.717, 1.165) is 16.7 Å². The number of amides is 3. The molecule has 2 aromatic heterocycles. The van der Waals surface area contributed by atoms with Gasteiger partial charge in [-0.15, -0.1) is 16.7 Å². The van der Waals surface area contributed by atoms with Gasteiger partial charge in [-0.1, -0.05) is 6.07 Å². The van der Waals surface area contributed by atoms with E-state index in [1.165, 1.54) is 15.9 Å². The lowest BCUT2D eigenvalue weighted by molar-refractivity contribution is -0.129. The van der Waals surface area contributed by atoms with E-state index >= 15 is 0 Å². The Bertz CT molecular complexity index is 1250. The van der Waals surface area contributed by atoms with Crippen LogP contribution >= 0.6 is 11.6 Å². The van der Waals surface area contributed by atoms with Crippen LogP contribution < -0.4 is 4.90 Å². The number of carboxylic acid groups (broad SMARTS) is 1. The van der Waals surface area contributed by atoms with Crippen molar-refractivity contribution in [3.8, 4) is 16.9 Å². The number of halogens is 1.